The van der Waals surface area contributed by atoms with Gasteiger partial charge in [0.05, 0.1) is 0 Å². The average Bonchev–Trinajstić information content (AvgIpc) is 2.38. The quantitative estimate of drug-likeness (QED) is 0.773. The highest BCUT2D eigenvalue weighted by Gasteiger charge is 2.10. The molecule has 0 unspecified atom stereocenters. The van der Waals surface area contributed by atoms with E-state index in [0.29, 0.717) is 17.7 Å². The van der Waals surface area contributed by atoms with E-state index >= 15 is 0 Å². The maximum absolute atomic E-state index is 11.9. The Morgan fingerprint density at radius 1 is 1.16 bits per heavy atom. The Bertz CT molecular complexity index is 442. The van der Waals surface area contributed by atoms with E-state index in [9.17, 15) is 9.59 Å². The van der Waals surface area contributed by atoms with Crippen molar-refractivity contribution in [2.45, 2.75) is 39.7 Å². The Morgan fingerprint density at radius 3 is 2.37 bits per heavy atom. The van der Waals surface area contributed by atoms with Crippen LogP contribution >= 0.6 is 0 Å². The molecular weight excluding hydrogens is 240 g/mol. The molecule has 0 saturated heterocycles. The molecule has 0 atom stereocenters. The van der Waals surface area contributed by atoms with Crippen molar-refractivity contribution in [1.82, 2.24) is 10.6 Å². The van der Waals surface area contributed by atoms with Crippen LogP contribution in [0.2, 0.25) is 0 Å². The molecule has 0 aliphatic heterocycles. The average molecular weight is 262 g/mol. The number of amides is 2. The van der Waals surface area contributed by atoms with Gasteiger partial charge in [0.25, 0.3) is 11.8 Å². The fourth-order valence-corrected chi connectivity index (χ4v) is 1.63. The molecule has 4 nitrogen and oxygen atoms in total. The number of carbonyl (C=O) groups excluding carboxylic acids is 2. The molecule has 0 fully saturated rings. The zero-order chi connectivity index (χ0) is 14.3. The predicted octanol–water partition coefficient (Wildman–Crippen LogP) is 2.35. The molecule has 0 bridgehead atoms. The third kappa shape index (κ3) is 5.12. The summed E-state index contributed by atoms with van der Waals surface area (Å²) in [6.45, 7) is 6.54. The lowest BCUT2D eigenvalue weighted by molar-refractivity contribution is 0.0943. The molecule has 0 aromatic heterocycles. The van der Waals surface area contributed by atoms with Crippen LogP contribution in [0.4, 0.5) is 0 Å². The molecule has 0 saturated carbocycles. The lowest BCUT2D eigenvalue weighted by Crippen LogP contribution is -2.30. The number of benzene rings is 1. The molecule has 0 heterocycles. The van der Waals surface area contributed by atoms with Gasteiger partial charge in [0, 0.05) is 23.7 Å². The highest BCUT2D eigenvalue weighted by Crippen LogP contribution is 2.06. The largest absolute Gasteiger partial charge is 0.352 e. The lowest BCUT2D eigenvalue weighted by Gasteiger charge is -2.09. The van der Waals surface area contributed by atoms with Crippen LogP contribution in [0.1, 0.15) is 54.3 Å². The van der Waals surface area contributed by atoms with Crippen molar-refractivity contribution in [2.75, 3.05) is 6.54 Å². The molecule has 1 aromatic rings. The van der Waals surface area contributed by atoms with E-state index in [0.717, 1.165) is 12.8 Å². The minimum Gasteiger partial charge on any atom is -0.352 e. The topological polar surface area (TPSA) is 58.2 Å². The van der Waals surface area contributed by atoms with Gasteiger partial charge < -0.3 is 10.6 Å². The Labute approximate surface area is 114 Å². The molecule has 2 amide bonds. The summed E-state index contributed by atoms with van der Waals surface area (Å²) in [7, 11) is 0. The number of carbonyl (C=O) groups is 2. The fourth-order valence-electron chi connectivity index (χ4n) is 1.63. The molecule has 19 heavy (non-hydrogen) atoms. The van der Waals surface area contributed by atoms with Crippen LogP contribution in [0.25, 0.3) is 0 Å². The summed E-state index contributed by atoms with van der Waals surface area (Å²) in [5.41, 5.74) is 1.03. The number of rotatable bonds is 6. The van der Waals surface area contributed by atoms with Crippen molar-refractivity contribution in [3.8, 4) is 0 Å². The molecule has 2 N–H and O–H groups in total. The van der Waals surface area contributed by atoms with E-state index in [-0.39, 0.29) is 17.9 Å². The number of nitrogens with one attached hydrogen (secondary N) is 2. The number of hydrogen-bond acceptors (Lipinski definition) is 2. The maximum Gasteiger partial charge on any atom is 0.251 e. The lowest BCUT2D eigenvalue weighted by atomic mass is 10.1. The van der Waals surface area contributed by atoms with Crippen LogP contribution in [0, 0.1) is 0 Å². The summed E-state index contributed by atoms with van der Waals surface area (Å²) in [4.78, 5) is 23.7. The molecule has 1 rings (SSSR count). The fraction of sp³-hybridized carbons (Fsp3) is 0.467. The smallest absolute Gasteiger partial charge is 0.251 e. The minimum absolute atomic E-state index is 0.0783. The highest BCUT2D eigenvalue weighted by atomic mass is 16.2. The summed E-state index contributed by atoms with van der Waals surface area (Å²) in [5, 5.41) is 5.64. The molecule has 1 aromatic carbocycles. The van der Waals surface area contributed by atoms with E-state index in [1.165, 1.54) is 0 Å². The van der Waals surface area contributed by atoms with Gasteiger partial charge in [-0.1, -0.05) is 19.4 Å². The Balaban J connectivity index is 2.71. The standard InChI is InChI=1S/C15H22N2O2/c1-4-5-9-16-14(18)12-7-6-8-13(10-12)15(19)17-11(2)3/h6-8,10-11H,4-5,9H2,1-3H3,(H,16,18)(H,17,19). The van der Waals surface area contributed by atoms with E-state index < -0.39 is 0 Å². The van der Waals surface area contributed by atoms with Gasteiger partial charge in [0.2, 0.25) is 0 Å². The first-order valence-corrected chi connectivity index (χ1v) is 6.73. The molecular formula is C15H22N2O2. The first-order valence-electron chi connectivity index (χ1n) is 6.73. The summed E-state index contributed by atoms with van der Waals surface area (Å²) >= 11 is 0. The first kappa shape index (κ1) is 15.2. The SMILES string of the molecule is CCCCNC(=O)c1cccc(C(=O)NC(C)C)c1. The van der Waals surface area contributed by atoms with Gasteiger partial charge in [-0.15, -0.1) is 0 Å². The highest BCUT2D eigenvalue weighted by molar-refractivity contribution is 5.99. The first-order chi connectivity index (χ1) is 9.04. The number of unbranched alkanes of at least 4 members (excludes halogenated alkanes) is 1. The second kappa shape index (κ2) is 7.56. The summed E-state index contributed by atoms with van der Waals surface area (Å²) < 4.78 is 0. The van der Waals surface area contributed by atoms with Crippen molar-refractivity contribution in [2.24, 2.45) is 0 Å². The van der Waals surface area contributed by atoms with Crippen LogP contribution in [0.15, 0.2) is 24.3 Å². The zero-order valence-corrected chi connectivity index (χ0v) is 11.8. The summed E-state index contributed by atoms with van der Waals surface area (Å²) in [6.07, 6.45) is 2.00. The maximum atomic E-state index is 11.9. The van der Waals surface area contributed by atoms with Gasteiger partial charge in [0.1, 0.15) is 0 Å². The second-order valence-electron chi connectivity index (χ2n) is 4.82. The molecule has 104 valence electrons. The zero-order valence-electron chi connectivity index (χ0n) is 11.8. The summed E-state index contributed by atoms with van der Waals surface area (Å²) in [6, 6.07) is 6.85. The van der Waals surface area contributed by atoms with Crippen molar-refractivity contribution < 1.29 is 9.59 Å². The minimum atomic E-state index is -0.154. The third-order valence-corrected chi connectivity index (χ3v) is 2.62. The van der Waals surface area contributed by atoms with Gasteiger partial charge in [-0.3, -0.25) is 9.59 Å². The van der Waals surface area contributed by atoms with Crippen LogP contribution in [-0.2, 0) is 0 Å². The number of hydrogen-bond donors (Lipinski definition) is 2. The van der Waals surface area contributed by atoms with E-state index in [2.05, 4.69) is 17.6 Å². The third-order valence-electron chi connectivity index (χ3n) is 2.62. The molecule has 0 aliphatic carbocycles. The van der Waals surface area contributed by atoms with Gasteiger partial charge in [-0.25, -0.2) is 0 Å². The van der Waals surface area contributed by atoms with Crippen molar-refractivity contribution in [1.29, 1.82) is 0 Å². The molecule has 4 heteroatoms. The van der Waals surface area contributed by atoms with Gasteiger partial charge in [-0.05, 0) is 38.5 Å². The van der Waals surface area contributed by atoms with Crippen LogP contribution < -0.4 is 10.6 Å². The predicted molar refractivity (Wildman–Crippen MR) is 76.3 cm³/mol. The second-order valence-corrected chi connectivity index (χ2v) is 4.82. The van der Waals surface area contributed by atoms with Gasteiger partial charge >= 0.3 is 0 Å². The van der Waals surface area contributed by atoms with Crippen LogP contribution in [0.3, 0.4) is 0 Å². The van der Waals surface area contributed by atoms with Crippen molar-refractivity contribution >= 4 is 11.8 Å². The van der Waals surface area contributed by atoms with Gasteiger partial charge in [0.15, 0.2) is 0 Å². The van der Waals surface area contributed by atoms with E-state index in [1.54, 1.807) is 24.3 Å². The monoisotopic (exact) mass is 262 g/mol. The normalized spacial score (nSPS) is 10.3. The summed E-state index contributed by atoms with van der Waals surface area (Å²) in [5.74, 6) is -0.286. The van der Waals surface area contributed by atoms with Crippen molar-refractivity contribution in [3.63, 3.8) is 0 Å². The van der Waals surface area contributed by atoms with Crippen LogP contribution in [0.5, 0.6) is 0 Å². The van der Waals surface area contributed by atoms with E-state index in [4.69, 9.17) is 0 Å². The Hall–Kier alpha value is -1.84. The molecule has 0 aliphatic rings. The Kier molecular flexibility index (Phi) is 6.06. The Morgan fingerprint density at radius 2 is 1.79 bits per heavy atom. The van der Waals surface area contributed by atoms with Crippen molar-refractivity contribution in [3.05, 3.63) is 35.4 Å². The van der Waals surface area contributed by atoms with Crippen LogP contribution in [-0.4, -0.2) is 24.4 Å². The molecule has 0 radical (unpaired) electrons. The molecule has 0 spiro atoms. The van der Waals surface area contributed by atoms with Gasteiger partial charge in [-0.2, -0.15) is 0 Å². The van der Waals surface area contributed by atoms with E-state index in [1.807, 2.05) is 13.8 Å².